The third-order valence-electron chi connectivity index (χ3n) is 3.28. The summed E-state index contributed by atoms with van der Waals surface area (Å²) in [6.45, 7) is 3.01. The fraction of sp³-hybridized carbons (Fsp3) is 0.429. The van der Waals surface area contributed by atoms with E-state index in [9.17, 15) is 9.59 Å². The first-order valence-corrected chi connectivity index (χ1v) is 8.17. The average Bonchev–Trinajstić information content (AvgIpc) is 2.68. The molecule has 114 valence electrons. The molecular weight excluding hydrogens is 404 g/mol. The third-order valence-corrected chi connectivity index (χ3v) is 4.46. The smallest absolute Gasteiger partial charge is 0.246 e. The second-order valence-corrected chi connectivity index (χ2v) is 6.46. The molecule has 5 nitrogen and oxygen atoms in total. The Morgan fingerprint density at radius 2 is 1.95 bits per heavy atom. The van der Waals surface area contributed by atoms with E-state index in [-0.39, 0.29) is 18.2 Å². The summed E-state index contributed by atoms with van der Waals surface area (Å²) in [5, 5.41) is 3.12. The first-order valence-electron chi connectivity index (χ1n) is 6.58. The van der Waals surface area contributed by atoms with Crippen molar-refractivity contribution in [1.82, 2.24) is 10.2 Å². The van der Waals surface area contributed by atoms with Crippen LogP contribution in [0.2, 0.25) is 0 Å². The van der Waals surface area contributed by atoms with E-state index < -0.39 is 6.04 Å². The Kier molecular flexibility index (Phi) is 5.40. The fourth-order valence-corrected chi connectivity index (χ4v) is 3.66. The lowest BCUT2D eigenvalue weighted by molar-refractivity contribution is -0.137. The number of hydrogen-bond acceptors (Lipinski definition) is 4. The minimum Gasteiger partial charge on any atom is -0.492 e. The number of nitrogens with one attached hydrogen (secondary N) is 1. The quantitative estimate of drug-likeness (QED) is 0.744. The largest absolute Gasteiger partial charge is 0.492 e. The highest BCUT2D eigenvalue weighted by Crippen LogP contribution is 2.34. The molecule has 1 aliphatic heterocycles. The van der Waals surface area contributed by atoms with Crippen LogP contribution in [0.1, 0.15) is 18.9 Å². The zero-order valence-electron chi connectivity index (χ0n) is 11.8. The Bertz CT molecular complexity index is 554. The van der Waals surface area contributed by atoms with E-state index in [1.165, 1.54) is 11.9 Å². The standard InChI is InChI=1S/C14H16Br2N2O3/c1-3-21-13-9(15)4-8(5-10(13)16)7-17-11-6-12(19)18(2)14(11)20/h4-5,11,17H,3,6-7H2,1-2H3. The number of carbonyl (C=O) groups is 2. The fourth-order valence-electron chi connectivity index (χ4n) is 2.15. The highest BCUT2D eigenvalue weighted by atomic mass is 79.9. The van der Waals surface area contributed by atoms with Crippen molar-refractivity contribution in [3.8, 4) is 5.75 Å². The molecule has 1 saturated heterocycles. The molecule has 1 fully saturated rings. The van der Waals surface area contributed by atoms with Crippen LogP contribution in [-0.4, -0.2) is 36.4 Å². The van der Waals surface area contributed by atoms with Gasteiger partial charge in [0.25, 0.3) is 0 Å². The summed E-state index contributed by atoms with van der Waals surface area (Å²) in [6, 6.07) is 3.44. The molecule has 7 heteroatoms. The van der Waals surface area contributed by atoms with Crippen LogP contribution in [0.15, 0.2) is 21.1 Å². The number of rotatable bonds is 5. The van der Waals surface area contributed by atoms with Gasteiger partial charge in [0.1, 0.15) is 5.75 Å². The van der Waals surface area contributed by atoms with Crippen LogP contribution in [-0.2, 0) is 16.1 Å². The van der Waals surface area contributed by atoms with Crippen molar-refractivity contribution in [2.45, 2.75) is 25.9 Å². The molecule has 1 aliphatic rings. The summed E-state index contributed by atoms with van der Waals surface area (Å²) in [5.41, 5.74) is 0.993. The lowest BCUT2D eigenvalue weighted by Gasteiger charge is -2.13. The second-order valence-electron chi connectivity index (χ2n) is 4.75. The summed E-state index contributed by atoms with van der Waals surface area (Å²) in [6.07, 6.45) is 0.217. The minimum absolute atomic E-state index is 0.147. The van der Waals surface area contributed by atoms with Crippen LogP contribution in [0.4, 0.5) is 0 Å². The van der Waals surface area contributed by atoms with Gasteiger partial charge in [-0.3, -0.25) is 14.5 Å². The Hall–Kier alpha value is -0.920. The molecule has 1 aromatic rings. The van der Waals surface area contributed by atoms with Gasteiger partial charge in [-0.1, -0.05) is 0 Å². The van der Waals surface area contributed by atoms with Gasteiger partial charge in [-0.05, 0) is 56.5 Å². The number of hydrogen-bond donors (Lipinski definition) is 1. The van der Waals surface area contributed by atoms with Crippen molar-refractivity contribution in [1.29, 1.82) is 0 Å². The van der Waals surface area contributed by atoms with Gasteiger partial charge in [-0.2, -0.15) is 0 Å². The van der Waals surface area contributed by atoms with Gasteiger partial charge < -0.3 is 10.1 Å². The van der Waals surface area contributed by atoms with Crippen molar-refractivity contribution in [3.05, 3.63) is 26.6 Å². The van der Waals surface area contributed by atoms with Gasteiger partial charge >= 0.3 is 0 Å². The SMILES string of the molecule is CCOc1c(Br)cc(CNC2CC(=O)N(C)C2=O)cc1Br. The van der Waals surface area contributed by atoms with E-state index in [4.69, 9.17) is 4.74 Å². The van der Waals surface area contributed by atoms with E-state index in [2.05, 4.69) is 37.2 Å². The second kappa shape index (κ2) is 6.89. The van der Waals surface area contributed by atoms with Gasteiger partial charge in [0.15, 0.2) is 0 Å². The van der Waals surface area contributed by atoms with Crippen LogP contribution >= 0.6 is 31.9 Å². The van der Waals surface area contributed by atoms with Crippen LogP contribution in [0.5, 0.6) is 5.75 Å². The van der Waals surface area contributed by atoms with E-state index in [1.807, 2.05) is 19.1 Å². The Morgan fingerprint density at radius 3 is 2.43 bits per heavy atom. The normalized spacial score (nSPS) is 18.5. The summed E-state index contributed by atoms with van der Waals surface area (Å²) in [5.74, 6) is 0.434. The Labute approximate surface area is 140 Å². The van der Waals surface area contributed by atoms with Crippen molar-refractivity contribution in [2.75, 3.05) is 13.7 Å². The van der Waals surface area contributed by atoms with E-state index in [0.29, 0.717) is 13.2 Å². The molecule has 1 heterocycles. The summed E-state index contributed by atoms with van der Waals surface area (Å²) >= 11 is 6.94. The molecule has 1 aromatic carbocycles. The van der Waals surface area contributed by atoms with Crippen LogP contribution < -0.4 is 10.1 Å². The summed E-state index contributed by atoms with van der Waals surface area (Å²) in [7, 11) is 1.51. The number of amides is 2. The number of carbonyl (C=O) groups excluding carboxylic acids is 2. The number of imide groups is 1. The molecule has 0 bridgehead atoms. The maximum Gasteiger partial charge on any atom is 0.246 e. The first-order chi connectivity index (χ1) is 9.93. The van der Waals surface area contributed by atoms with Gasteiger partial charge in [-0.15, -0.1) is 0 Å². The molecule has 1 atom stereocenters. The van der Waals surface area contributed by atoms with Gasteiger partial charge in [0.2, 0.25) is 11.8 Å². The predicted octanol–water partition coefficient (Wildman–Crippen LogP) is 2.46. The van der Waals surface area contributed by atoms with Crippen molar-refractivity contribution >= 4 is 43.7 Å². The van der Waals surface area contributed by atoms with Gasteiger partial charge in [0.05, 0.1) is 28.0 Å². The van der Waals surface area contributed by atoms with Gasteiger partial charge in [0, 0.05) is 13.6 Å². The number of likely N-dealkylation sites (tertiary alicyclic amines) is 1. The van der Waals surface area contributed by atoms with Gasteiger partial charge in [-0.25, -0.2) is 0 Å². The zero-order chi connectivity index (χ0) is 15.6. The van der Waals surface area contributed by atoms with Crippen molar-refractivity contribution in [3.63, 3.8) is 0 Å². The van der Waals surface area contributed by atoms with E-state index in [0.717, 1.165) is 20.3 Å². The molecule has 2 amide bonds. The molecule has 0 aromatic heterocycles. The molecule has 2 rings (SSSR count). The number of likely N-dealkylation sites (N-methyl/N-ethyl adjacent to an activating group) is 1. The monoisotopic (exact) mass is 418 g/mol. The highest BCUT2D eigenvalue weighted by molar-refractivity contribution is 9.11. The number of halogens is 2. The third kappa shape index (κ3) is 3.64. The summed E-state index contributed by atoms with van der Waals surface area (Å²) < 4.78 is 7.22. The maximum atomic E-state index is 11.8. The van der Waals surface area contributed by atoms with Crippen molar-refractivity contribution in [2.24, 2.45) is 0 Å². The molecule has 1 unspecified atom stereocenters. The first kappa shape index (κ1) is 16.5. The Morgan fingerprint density at radius 1 is 1.33 bits per heavy atom. The number of nitrogens with zero attached hydrogens (tertiary/aromatic N) is 1. The minimum atomic E-state index is -0.438. The van der Waals surface area contributed by atoms with Crippen LogP contribution in [0.3, 0.4) is 0 Å². The zero-order valence-corrected chi connectivity index (χ0v) is 15.0. The van der Waals surface area contributed by atoms with Crippen LogP contribution in [0.25, 0.3) is 0 Å². The molecule has 1 N–H and O–H groups in total. The molecule has 21 heavy (non-hydrogen) atoms. The molecule has 0 spiro atoms. The molecule has 0 radical (unpaired) electrons. The molecular formula is C14H16Br2N2O3. The highest BCUT2D eigenvalue weighted by Gasteiger charge is 2.35. The van der Waals surface area contributed by atoms with E-state index in [1.54, 1.807) is 0 Å². The predicted molar refractivity (Wildman–Crippen MR) is 86.0 cm³/mol. The topological polar surface area (TPSA) is 58.6 Å². The van der Waals surface area contributed by atoms with E-state index >= 15 is 0 Å². The molecule has 0 saturated carbocycles. The van der Waals surface area contributed by atoms with Crippen molar-refractivity contribution < 1.29 is 14.3 Å². The van der Waals surface area contributed by atoms with Crippen LogP contribution in [0, 0.1) is 0 Å². The lowest BCUT2D eigenvalue weighted by Crippen LogP contribution is -2.36. The average molecular weight is 420 g/mol. The molecule has 0 aliphatic carbocycles. The maximum absolute atomic E-state index is 11.8. The number of benzene rings is 1. The summed E-state index contributed by atoms with van der Waals surface area (Å²) in [4.78, 5) is 24.4. The number of ether oxygens (including phenoxy) is 1. The lowest BCUT2D eigenvalue weighted by atomic mass is 10.2. The Balaban J connectivity index is 2.04.